The van der Waals surface area contributed by atoms with Gasteiger partial charge in [-0.25, -0.2) is 9.97 Å². The van der Waals surface area contributed by atoms with Gasteiger partial charge >= 0.3 is 0 Å². The minimum atomic E-state index is 0.690. The number of rotatable bonds is 6. The molecule has 0 aromatic carbocycles. The predicted octanol–water partition coefficient (Wildman–Crippen LogP) is 3.24. The van der Waals surface area contributed by atoms with Gasteiger partial charge in [0.15, 0.2) is 0 Å². The summed E-state index contributed by atoms with van der Waals surface area (Å²) in [4.78, 5) is 10.2. The molecule has 0 fully saturated rings. The van der Waals surface area contributed by atoms with Crippen molar-refractivity contribution in [2.75, 3.05) is 6.54 Å². The molecule has 0 amide bonds. The third-order valence-electron chi connectivity index (χ3n) is 2.42. The monoisotopic (exact) mass is 281 g/mol. The Balaban J connectivity index is 1.86. The minimum absolute atomic E-state index is 0.690. The van der Waals surface area contributed by atoms with Crippen molar-refractivity contribution < 1.29 is 0 Å². The maximum atomic E-state index is 4.47. The summed E-state index contributed by atoms with van der Waals surface area (Å²) in [6.07, 6.45) is 2.85. The maximum Gasteiger partial charge on any atom is 0.0996 e. The molecular weight excluding hydrogens is 262 g/mol. The van der Waals surface area contributed by atoms with E-state index in [9.17, 15) is 0 Å². The third kappa shape index (κ3) is 4.15. The average molecular weight is 281 g/mol. The van der Waals surface area contributed by atoms with E-state index in [4.69, 9.17) is 0 Å². The molecule has 0 saturated heterocycles. The van der Waals surface area contributed by atoms with Crippen molar-refractivity contribution in [2.24, 2.45) is 5.92 Å². The van der Waals surface area contributed by atoms with Gasteiger partial charge < -0.3 is 5.32 Å². The predicted molar refractivity (Wildman–Crippen MR) is 78.3 cm³/mol. The van der Waals surface area contributed by atoms with Crippen molar-refractivity contribution in [3.05, 3.63) is 32.2 Å². The molecule has 0 aliphatic rings. The largest absolute Gasteiger partial charge is 0.312 e. The number of nitrogens with one attached hydrogen (secondary N) is 1. The fraction of sp³-hybridized carbons (Fsp3) is 0.538. The number of aryl methyl sites for hydroxylation is 1. The van der Waals surface area contributed by atoms with Crippen LogP contribution in [0.4, 0.5) is 0 Å². The number of hydrogen-bond donors (Lipinski definition) is 1. The van der Waals surface area contributed by atoms with E-state index in [1.165, 1.54) is 4.88 Å². The molecule has 0 aliphatic carbocycles. The van der Waals surface area contributed by atoms with Crippen molar-refractivity contribution in [2.45, 2.75) is 33.7 Å². The summed E-state index contributed by atoms with van der Waals surface area (Å²) in [6, 6.07) is 0. The van der Waals surface area contributed by atoms with Gasteiger partial charge in [0.05, 0.1) is 16.4 Å². The van der Waals surface area contributed by atoms with Crippen LogP contribution in [0.5, 0.6) is 0 Å². The average Bonchev–Trinajstić information content (AvgIpc) is 2.89. The highest BCUT2D eigenvalue weighted by Gasteiger charge is 2.06. The van der Waals surface area contributed by atoms with Gasteiger partial charge in [-0.15, -0.1) is 22.7 Å². The molecule has 2 aromatic heterocycles. The Hall–Kier alpha value is -0.780. The fourth-order valence-electron chi connectivity index (χ4n) is 1.61. The van der Waals surface area contributed by atoms with Crippen LogP contribution in [-0.4, -0.2) is 16.5 Å². The first-order valence-electron chi connectivity index (χ1n) is 6.19. The molecule has 0 aliphatic heterocycles. The molecular formula is C13H19N3S2. The van der Waals surface area contributed by atoms with E-state index in [2.05, 4.69) is 34.5 Å². The molecule has 0 saturated carbocycles. The van der Waals surface area contributed by atoms with Crippen molar-refractivity contribution in [1.29, 1.82) is 0 Å². The van der Waals surface area contributed by atoms with Gasteiger partial charge in [-0.2, -0.15) is 0 Å². The first kappa shape index (κ1) is 13.6. The van der Waals surface area contributed by atoms with E-state index in [0.29, 0.717) is 5.92 Å². The van der Waals surface area contributed by atoms with Crippen molar-refractivity contribution in [3.8, 4) is 0 Å². The molecule has 0 atom stereocenters. The van der Waals surface area contributed by atoms with Crippen LogP contribution in [0.2, 0.25) is 0 Å². The van der Waals surface area contributed by atoms with Gasteiger partial charge in [-0.05, 0) is 19.4 Å². The molecule has 2 aromatic rings. The number of thiazole rings is 2. The minimum Gasteiger partial charge on any atom is -0.312 e. The fourth-order valence-corrected chi connectivity index (χ4v) is 3.37. The lowest BCUT2D eigenvalue weighted by atomic mass is 10.2. The zero-order chi connectivity index (χ0) is 13.0. The van der Waals surface area contributed by atoms with E-state index in [0.717, 1.165) is 35.2 Å². The van der Waals surface area contributed by atoms with Gasteiger partial charge in [-0.1, -0.05) is 13.8 Å². The number of aromatic nitrogens is 2. The van der Waals surface area contributed by atoms with Crippen LogP contribution in [0.15, 0.2) is 11.6 Å². The summed E-state index contributed by atoms with van der Waals surface area (Å²) < 4.78 is 0. The quantitative estimate of drug-likeness (QED) is 0.883. The summed E-state index contributed by atoms with van der Waals surface area (Å²) in [6.45, 7) is 8.44. The lowest BCUT2D eigenvalue weighted by Crippen LogP contribution is -2.18. The first-order valence-corrected chi connectivity index (χ1v) is 7.88. The van der Waals surface area contributed by atoms with Crippen LogP contribution in [0, 0.1) is 12.8 Å². The van der Waals surface area contributed by atoms with E-state index in [1.807, 2.05) is 13.1 Å². The Morgan fingerprint density at radius 1 is 1.33 bits per heavy atom. The highest BCUT2D eigenvalue weighted by molar-refractivity contribution is 7.12. The van der Waals surface area contributed by atoms with Crippen LogP contribution in [0.25, 0.3) is 0 Å². The molecule has 98 valence electrons. The molecule has 2 heterocycles. The van der Waals surface area contributed by atoms with Gasteiger partial charge in [0.2, 0.25) is 0 Å². The Morgan fingerprint density at radius 2 is 2.17 bits per heavy atom. The molecule has 0 bridgehead atoms. The summed E-state index contributed by atoms with van der Waals surface area (Å²) in [5, 5.41) is 7.85. The normalized spacial score (nSPS) is 11.3. The Bertz CT molecular complexity index is 488. The lowest BCUT2D eigenvalue weighted by Gasteiger charge is -2.04. The first-order chi connectivity index (χ1) is 8.63. The second-order valence-corrected chi connectivity index (χ2v) is 6.95. The smallest absolute Gasteiger partial charge is 0.0996 e. The van der Waals surface area contributed by atoms with Crippen molar-refractivity contribution in [1.82, 2.24) is 15.3 Å². The van der Waals surface area contributed by atoms with Crippen LogP contribution in [0.1, 0.15) is 34.4 Å². The lowest BCUT2D eigenvalue weighted by molar-refractivity contribution is 0.554. The van der Waals surface area contributed by atoms with Crippen LogP contribution < -0.4 is 5.32 Å². The van der Waals surface area contributed by atoms with E-state index in [1.54, 1.807) is 22.7 Å². The molecule has 5 heteroatoms. The Kier molecular flexibility index (Phi) is 4.86. The summed E-state index contributed by atoms with van der Waals surface area (Å²) in [5.74, 6) is 0.690. The van der Waals surface area contributed by atoms with E-state index < -0.39 is 0 Å². The van der Waals surface area contributed by atoms with Gasteiger partial charge in [0.25, 0.3) is 0 Å². The molecule has 18 heavy (non-hydrogen) atoms. The highest BCUT2D eigenvalue weighted by atomic mass is 32.1. The highest BCUT2D eigenvalue weighted by Crippen LogP contribution is 2.19. The standard InChI is InChI=1S/C13H19N3S2/c1-9(2)5-14-6-11-7-15-12(18-11)4-13-16-10(3)8-17-13/h7-9,14H,4-6H2,1-3H3. The summed E-state index contributed by atoms with van der Waals surface area (Å²) in [7, 11) is 0. The van der Waals surface area contributed by atoms with Gasteiger partial charge in [0.1, 0.15) is 0 Å². The van der Waals surface area contributed by atoms with Crippen LogP contribution in [-0.2, 0) is 13.0 Å². The van der Waals surface area contributed by atoms with E-state index >= 15 is 0 Å². The summed E-state index contributed by atoms with van der Waals surface area (Å²) >= 11 is 3.50. The molecule has 0 unspecified atom stereocenters. The molecule has 3 nitrogen and oxygen atoms in total. The topological polar surface area (TPSA) is 37.8 Å². The molecule has 1 N–H and O–H groups in total. The SMILES string of the molecule is Cc1csc(Cc2ncc(CNCC(C)C)s2)n1. The second kappa shape index (κ2) is 6.41. The second-order valence-electron chi connectivity index (χ2n) is 4.80. The van der Waals surface area contributed by atoms with Crippen molar-refractivity contribution in [3.63, 3.8) is 0 Å². The van der Waals surface area contributed by atoms with Crippen molar-refractivity contribution >= 4 is 22.7 Å². The van der Waals surface area contributed by atoms with E-state index in [-0.39, 0.29) is 0 Å². The maximum absolute atomic E-state index is 4.47. The Morgan fingerprint density at radius 3 is 2.83 bits per heavy atom. The molecule has 0 radical (unpaired) electrons. The Labute approximate surface area is 116 Å². The van der Waals surface area contributed by atoms with Gasteiger partial charge in [0, 0.05) is 28.7 Å². The van der Waals surface area contributed by atoms with Gasteiger partial charge in [-0.3, -0.25) is 0 Å². The zero-order valence-electron chi connectivity index (χ0n) is 11.1. The number of nitrogens with zero attached hydrogens (tertiary/aromatic N) is 2. The summed E-state index contributed by atoms with van der Waals surface area (Å²) in [5.41, 5.74) is 1.10. The number of hydrogen-bond acceptors (Lipinski definition) is 5. The molecule has 2 rings (SSSR count). The van der Waals surface area contributed by atoms with Crippen LogP contribution >= 0.6 is 22.7 Å². The van der Waals surface area contributed by atoms with Crippen LogP contribution in [0.3, 0.4) is 0 Å². The third-order valence-corrected chi connectivity index (χ3v) is 4.39. The molecule has 0 spiro atoms. The zero-order valence-corrected chi connectivity index (χ0v) is 12.7.